The molecule has 0 amide bonds. The maximum absolute atomic E-state index is 6.70. The van der Waals surface area contributed by atoms with E-state index < -0.39 is 5.54 Å². The van der Waals surface area contributed by atoms with Crippen molar-refractivity contribution in [1.82, 2.24) is 9.13 Å². The first-order valence-corrected chi connectivity index (χ1v) is 15.0. The highest BCUT2D eigenvalue weighted by atomic mass is 16.5. The molecule has 44 heavy (non-hydrogen) atoms. The van der Waals surface area contributed by atoms with Gasteiger partial charge >= 0.3 is 0 Å². The quantitative estimate of drug-likeness (QED) is 0.215. The first-order chi connectivity index (χ1) is 21.7. The molecule has 2 aromatic heterocycles. The van der Waals surface area contributed by atoms with Gasteiger partial charge in [0.15, 0.2) is 11.5 Å². The van der Waals surface area contributed by atoms with Gasteiger partial charge in [-0.15, -0.1) is 0 Å². The highest BCUT2D eigenvalue weighted by Gasteiger charge is 2.36. The predicted molar refractivity (Wildman–Crippen MR) is 180 cm³/mol. The van der Waals surface area contributed by atoms with Crippen molar-refractivity contribution in [1.29, 1.82) is 0 Å². The van der Waals surface area contributed by atoms with Gasteiger partial charge in [-0.05, 0) is 42.8 Å². The number of fused-ring (bicyclic) bond motifs is 10. The van der Waals surface area contributed by atoms with Crippen LogP contribution in [0, 0.1) is 0 Å². The molecule has 0 radical (unpaired) electrons. The van der Waals surface area contributed by atoms with Crippen LogP contribution in [-0.4, -0.2) is 15.1 Å². The van der Waals surface area contributed by atoms with Gasteiger partial charge in [-0.2, -0.15) is 0 Å². The first kappa shape index (κ1) is 23.7. The minimum atomic E-state index is -0.583. The van der Waals surface area contributed by atoms with E-state index in [0.29, 0.717) is 0 Å². The standard InChI is InChI=1S/C39H26N4O/c1-39(24-13-3-2-4-14-24)27-17-7-8-18-28(27)40-38(41-39)43-30-20-10-5-15-25(30)35-32(43)23-34-37-36(35)26-16-6-9-19-29(26)42(37)31-21-11-12-22-33(31)44-34/h2-23H,1H3,(H,40,41). The third-order valence-electron chi connectivity index (χ3n) is 9.44. The Bertz CT molecular complexity index is 2520. The van der Waals surface area contributed by atoms with Crippen LogP contribution in [0.4, 0.5) is 5.69 Å². The number of rotatable bonds is 1. The van der Waals surface area contributed by atoms with Crippen molar-refractivity contribution < 1.29 is 4.74 Å². The third-order valence-corrected chi connectivity index (χ3v) is 9.44. The van der Waals surface area contributed by atoms with Crippen molar-refractivity contribution in [2.45, 2.75) is 12.5 Å². The summed E-state index contributed by atoms with van der Waals surface area (Å²) in [5.41, 5.74) is 8.24. The Labute approximate surface area is 253 Å². The highest BCUT2D eigenvalue weighted by molar-refractivity contribution is 6.32. The molecule has 0 spiro atoms. The third kappa shape index (κ3) is 2.95. The number of nitrogens with one attached hydrogen (secondary N) is 1. The normalized spacial score (nSPS) is 16.9. The fourth-order valence-corrected chi connectivity index (χ4v) is 7.51. The Morgan fingerprint density at radius 1 is 0.614 bits per heavy atom. The lowest BCUT2D eigenvalue weighted by atomic mass is 9.83. The number of aliphatic imine (C=N–C) groups is 1. The molecule has 1 atom stereocenters. The summed E-state index contributed by atoms with van der Waals surface area (Å²) in [5, 5.41) is 8.51. The van der Waals surface area contributed by atoms with Crippen LogP contribution in [0.5, 0.6) is 11.5 Å². The lowest BCUT2D eigenvalue weighted by molar-refractivity contribution is 0.477. The average molecular weight is 567 g/mol. The predicted octanol–water partition coefficient (Wildman–Crippen LogP) is 9.59. The van der Waals surface area contributed by atoms with Crippen LogP contribution in [-0.2, 0) is 5.54 Å². The van der Waals surface area contributed by atoms with Crippen molar-refractivity contribution in [3.63, 3.8) is 0 Å². The Morgan fingerprint density at radius 3 is 2.11 bits per heavy atom. The van der Waals surface area contributed by atoms with Gasteiger partial charge in [-0.25, -0.2) is 4.99 Å². The zero-order chi connectivity index (χ0) is 29.0. The Hall–Kier alpha value is -5.81. The Balaban J connectivity index is 1.36. The molecule has 2 aliphatic heterocycles. The number of anilines is 1. The SMILES string of the molecule is CC1(c2ccccc2)N=C(n2c3ccccc3c3c4c5ccccc5n5c4c(cc32)Oc2ccccc2-5)Nc2ccccc21. The summed E-state index contributed by atoms with van der Waals surface area (Å²) in [4.78, 5) is 5.54. The zero-order valence-corrected chi connectivity index (χ0v) is 24.0. The smallest absolute Gasteiger partial charge is 0.209 e. The molecule has 5 nitrogen and oxygen atoms in total. The van der Waals surface area contributed by atoms with E-state index in [2.05, 4.69) is 143 Å². The van der Waals surface area contributed by atoms with Crippen LogP contribution in [0.2, 0.25) is 0 Å². The highest BCUT2D eigenvalue weighted by Crippen LogP contribution is 2.50. The molecule has 1 unspecified atom stereocenters. The number of hydrogen-bond donors (Lipinski definition) is 1. The van der Waals surface area contributed by atoms with Crippen molar-refractivity contribution >= 4 is 55.3 Å². The van der Waals surface area contributed by atoms with Crippen LogP contribution >= 0.6 is 0 Å². The molecule has 208 valence electrons. The maximum atomic E-state index is 6.70. The maximum Gasteiger partial charge on any atom is 0.209 e. The van der Waals surface area contributed by atoms with Gasteiger partial charge in [0.1, 0.15) is 5.54 Å². The molecule has 2 aliphatic rings. The molecule has 4 heterocycles. The van der Waals surface area contributed by atoms with Gasteiger partial charge in [0.05, 0.1) is 27.8 Å². The number of benzene rings is 6. The Morgan fingerprint density at radius 2 is 1.27 bits per heavy atom. The number of hydrogen-bond acceptors (Lipinski definition) is 3. The summed E-state index contributed by atoms with van der Waals surface area (Å²) < 4.78 is 11.3. The van der Waals surface area contributed by atoms with E-state index >= 15 is 0 Å². The molecule has 8 aromatic rings. The zero-order valence-electron chi connectivity index (χ0n) is 24.0. The first-order valence-electron chi connectivity index (χ1n) is 15.0. The van der Waals surface area contributed by atoms with E-state index in [1.54, 1.807) is 0 Å². The summed E-state index contributed by atoms with van der Waals surface area (Å²) >= 11 is 0. The van der Waals surface area contributed by atoms with Crippen molar-refractivity contribution in [2.24, 2.45) is 4.99 Å². The van der Waals surface area contributed by atoms with Gasteiger partial charge in [0.2, 0.25) is 5.96 Å². The van der Waals surface area contributed by atoms with Crippen molar-refractivity contribution in [2.75, 3.05) is 5.32 Å². The molecule has 6 aromatic carbocycles. The largest absolute Gasteiger partial charge is 0.453 e. The van der Waals surface area contributed by atoms with Crippen LogP contribution in [0.15, 0.2) is 138 Å². The van der Waals surface area contributed by atoms with E-state index in [1.807, 2.05) is 12.1 Å². The summed E-state index contributed by atoms with van der Waals surface area (Å²) in [5.74, 6) is 2.48. The van der Waals surface area contributed by atoms with E-state index in [1.165, 1.54) is 27.1 Å². The van der Waals surface area contributed by atoms with Gasteiger partial charge in [-0.1, -0.05) is 97.1 Å². The molecule has 10 rings (SSSR count). The molecule has 5 heteroatoms. The molecular formula is C39H26N4O. The number of para-hydroxylation sites is 5. The van der Waals surface area contributed by atoms with Gasteiger partial charge in [-0.3, -0.25) is 4.57 Å². The van der Waals surface area contributed by atoms with Crippen LogP contribution < -0.4 is 10.1 Å². The summed E-state index contributed by atoms with van der Waals surface area (Å²) in [7, 11) is 0. The second kappa shape index (κ2) is 8.39. The van der Waals surface area contributed by atoms with Gasteiger partial charge in [0, 0.05) is 38.9 Å². The molecule has 1 N–H and O–H groups in total. The monoisotopic (exact) mass is 566 g/mol. The molecular weight excluding hydrogens is 540 g/mol. The molecule has 0 aliphatic carbocycles. The number of ether oxygens (including phenoxy) is 1. The van der Waals surface area contributed by atoms with E-state index in [-0.39, 0.29) is 0 Å². The minimum absolute atomic E-state index is 0.583. The second-order valence-corrected chi connectivity index (χ2v) is 11.8. The van der Waals surface area contributed by atoms with E-state index in [0.717, 1.165) is 56.5 Å². The molecule has 0 bridgehead atoms. The molecule has 0 saturated carbocycles. The molecule has 0 saturated heterocycles. The molecule has 0 fully saturated rings. The number of nitrogens with zero attached hydrogens (tertiary/aromatic N) is 3. The second-order valence-electron chi connectivity index (χ2n) is 11.8. The van der Waals surface area contributed by atoms with Crippen molar-refractivity contribution in [3.05, 3.63) is 145 Å². The average Bonchev–Trinajstić information content (AvgIpc) is 3.59. The summed E-state index contributed by atoms with van der Waals surface area (Å²) in [6.45, 7) is 2.21. The Kier molecular flexibility index (Phi) is 4.52. The van der Waals surface area contributed by atoms with Gasteiger partial charge in [0.25, 0.3) is 0 Å². The fraction of sp³-hybridized carbons (Fsp3) is 0.0513. The van der Waals surface area contributed by atoms with E-state index in [9.17, 15) is 0 Å². The van der Waals surface area contributed by atoms with Crippen molar-refractivity contribution in [3.8, 4) is 17.2 Å². The van der Waals surface area contributed by atoms with E-state index in [4.69, 9.17) is 9.73 Å². The lowest BCUT2D eigenvalue weighted by Gasteiger charge is -2.34. The lowest BCUT2D eigenvalue weighted by Crippen LogP contribution is -2.35. The van der Waals surface area contributed by atoms with Crippen LogP contribution in [0.25, 0.3) is 49.3 Å². The minimum Gasteiger partial charge on any atom is -0.453 e. The number of aromatic nitrogens is 2. The summed E-state index contributed by atoms with van der Waals surface area (Å²) in [6.07, 6.45) is 0. The van der Waals surface area contributed by atoms with Crippen LogP contribution in [0.1, 0.15) is 18.1 Å². The topological polar surface area (TPSA) is 43.5 Å². The fourth-order valence-electron chi connectivity index (χ4n) is 7.51. The van der Waals surface area contributed by atoms with Crippen LogP contribution in [0.3, 0.4) is 0 Å². The summed E-state index contributed by atoms with van der Waals surface area (Å²) in [6, 6.07) is 46.9. The van der Waals surface area contributed by atoms with Gasteiger partial charge < -0.3 is 14.6 Å².